The van der Waals surface area contributed by atoms with E-state index in [0.717, 1.165) is 17.6 Å². The van der Waals surface area contributed by atoms with Crippen LogP contribution in [0.25, 0.3) is 5.57 Å². The largest absolute Gasteiger partial charge is 0.449 e. The molecule has 2 rings (SSSR count). The van der Waals surface area contributed by atoms with Gasteiger partial charge in [-0.2, -0.15) is 0 Å². The van der Waals surface area contributed by atoms with Gasteiger partial charge in [-0.05, 0) is 35.6 Å². The second kappa shape index (κ2) is 7.19. The third-order valence-electron chi connectivity index (χ3n) is 3.24. The molecule has 1 aliphatic rings. The summed E-state index contributed by atoms with van der Waals surface area (Å²) in [6, 6.07) is 5.53. The van der Waals surface area contributed by atoms with Gasteiger partial charge in [-0.15, -0.1) is 0 Å². The highest BCUT2D eigenvalue weighted by Gasteiger charge is 2.20. The quantitative estimate of drug-likeness (QED) is 0.792. The molecule has 0 saturated heterocycles. The molecule has 0 N–H and O–H groups in total. The lowest BCUT2D eigenvalue weighted by atomic mass is 10.0. The van der Waals surface area contributed by atoms with E-state index in [2.05, 4.69) is 6.08 Å². The van der Waals surface area contributed by atoms with Crippen molar-refractivity contribution in [3.05, 3.63) is 39.9 Å². The molecule has 0 saturated carbocycles. The third kappa shape index (κ3) is 4.39. The van der Waals surface area contributed by atoms with Crippen LogP contribution < -0.4 is 0 Å². The molecule has 1 aromatic rings. The fourth-order valence-electron chi connectivity index (χ4n) is 2.13. The van der Waals surface area contributed by atoms with Crippen molar-refractivity contribution in [1.82, 2.24) is 4.90 Å². The predicted molar refractivity (Wildman–Crippen MR) is 86.8 cm³/mol. The van der Waals surface area contributed by atoms with Crippen molar-refractivity contribution >= 4 is 34.9 Å². The number of hydrogen-bond acceptors (Lipinski definition) is 2. The van der Waals surface area contributed by atoms with Crippen molar-refractivity contribution in [2.75, 3.05) is 19.7 Å². The van der Waals surface area contributed by atoms with E-state index in [1.807, 2.05) is 26.0 Å². The molecule has 0 fully saturated rings. The monoisotopic (exact) mass is 327 g/mol. The van der Waals surface area contributed by atoms with E-state index in [-0.39, 0.29) is 6.09 Å². The van der Waals surface area contributed by atoms with Crippen molar-refractivity contribution in [3.63, 3.8) is 0 Å². The van der Waals surface area contributed by atoms with Crippen molar-refractivity contribution < 1.29 is 9.53 Å². The van der Waals surface area contributed by atoms with Gasteiger partial charge in [-0.25, -0.2) is 4.79 Å². The molecular formula is C16H19Cl2NO2. The predicted octanol–water partition coefficient (Wildman–Crippen LogP) is 4.88. The molecule has 1 amide bonds. The standard InChI is InChI=1S/C16H19Cl2NO2/c1-11(2)10-21-16(20)19-7-3-4-13(9-19)12-5-6-14(17)15(18)8-12/h4-6,8,11H,3,7,9-10H2,1-2H3. The fourth-order valence-corrected chi connectivity index (χ4v) is 2.43. The van der Waals surface area contributed by atoms with Gasteiger partial charge >= 0.3 is 6.09 Å². The van der Waals surface area contributed by atoms with Crippen molar-refractivity contribution in [2.24, 2.45) is 5.92 Å². The summed E-state index contributed by atoms with van der Waals surface area (Å²) in [5.74, 6) is 0.337. The number of amides is 1. The van der Waals surface area contributed by atoms with Gasteiger partial charge in [0.05, 0.1) is 16.7 Å². The summed E-state index contributed by atoms with van der Waals surface area (Å²) >= 11 is 12.0. The van der Waals surface area contributed by atoms with E-state index in [1.165, 1.54) is 0 Å². The van der Waals surface area contributed by atoms with Gasteiger partial charge in [0, 0.05) is 13.1 Å². The van der Waals surface area contributed by atoms with Crippen LogP contribution >= 0.6 is 23.2 Å². The molecule has 0 bridgehead atoms. The lowest BCUT2D eigenvalue weighted by molar-refractivity contribution is 0.0959. The Morgan fingerprint density at radius 3 is 2.76 bits per heavy atom. The molecule has 1 aromatic carbocycles. The Morgan fingerprint density at radius 1 is 1.33 bits per heavy atom. The van der Waals surface area contributed by atoms with Crippen LogP contribution in [0, 0.1) is 5.92 Å². The first-order valence-corrected chi connectivity index (χ1v) is 7.79. The van der Waals surface area contributed by atoms with Crippen LogP contribution in [-0.4, -0.2) is 30.7 Å². The molecule has 1 heterocycles. The second-order valence-corrected chi connectivity index (χ2v) is 6.35. The fraction of sp³-hybridized carbons (Fsp3) is 0.438. The van der Waals surface area contributed by atoms with Crippen LogP contribution in [0.2, 0.25) is 10.0 Å². The normalized spacial score (nSPS) is 15.1. The Labute approximate surface area is 135 Å². The van der Waals surface area contributed by atoms with E-state index in [4.69, 9.17) is 27.9 Å². The molecule has 0 aromatic heterocycles. The highest BCUT2D eigenvalue weighted by Crippen LogP contribution is 2.28. The zero-order valence-corrected chi connectivity index (χ0v) is 13.7. The maximum absolute atomic E-state index is 12.0. The van der Waals surface area contributed by atoms with Gasteiger partial charge in [0.25, 0.3) is 0 Å². The molecule has 21 heavy (non-hydrogen) atoms. The van der Waals surface area contributed by atoms with Crippen LogP contribution in [0.15, 0.2) is 24.3 Å². The van der Waals surface area contributed by atoms with Gasteiger partial charge in [0.2, 0.25) is 0 Å². The van der Waals surface area contributed by atoms with E-state index in [0.29, 0.717) is 35.7 Å². The molecule has 3 nitrogen and oxygen atoms in total. The van der Waals surface area contributed by atoms with Crippen molar-refractivity contribution in [2.45, 2.75) is 20.3 Å². The summed E-state index contributed by atoms with van der Waals surface area (Å²) in [6.07, 6.45) is 2.69. The summed E-state index contributed by atoms with van der Waals surface area (Å²) in [5.41, 5.74) is 2.06. The average molecular weight is 328 g/mol. The maximum Gasteiger partial charge on any atom is 0.410 e. The molecule has 0 spiro atoms. The first kappa shape index (κ1) is 16.2. The van der Waals surface area contributed by atoms with Gasteiger partial charge in [-0.1, -0.05) is 49.2 Å². The summed E-state index contributed by atoms with van der Waals surface area (Å²) in [4.78, 5) is 13.8. The van der Waals surface area contributed by atoms with E-state index < -0.39 is 0 Å². The van der Waals surface area contributed by atoms with E-state index >= 15 is 0 Å². The summed E-state index contributed by atoms with van der Waals surface area (Å²) < 4.78 is 5.28. The molecule has 5 heteroatoms. The number of halogens is 2. The minimum atomic E-state index is -0.255. The smallest absolute Gasteiger partial charge is 0.410 e. The number of carbonyl (C=O) groups is 1. The van der Waals surface area contributed by atoms with Crippen LogP contribution in [-0.2, 0) is 4.74 Å². The van der Waals surface area contributed by atoms with Gasteiger partial charge in [0.15, 0.2) is 0 Å². The number of hydrogen-bond donors (Lipinski definition) is 0. The number of ether oxygens (including phenoxy) is 1. The zero-order valence-electron chi connectivity index (χ0n) is 12.2. The minimum absolute atomic E-state index is 0.255. The van der Waals surface area contributed by atoms with Gasteiger partial charge < -0.3 is 9.64 Å². The topological polar surface area (TPSA) is 29.5 Å². The lowest BCUT2D eigenvalue weighted by Gasteiger charge is -2.27. The summed E-state index contributed by atoms with van der Waals surface area (Å²) in [7, 11) is 0. The van der Waals surface area contributed by atoms with Crippen LogP contribution in [0.1, 0.15) is 25.8 Å². The molecule has 1 aliphatic heterocycles. The van der Waals surface area contributed by atoms with Gasteiger partial charge in [-0.3, -0.25) is 0 Å². The number of rotatable bonds is 3. The summed E-state index contributed by atoms with van der Waals surface area (Å²) in [5, 5.41) is 1.06. The lowest BCUT2D eigenvalue weighted by Crippen LogP contribution is -2.36. The molecule has 0 unspecified atom stereocenters. The SMILES string of the molecule is CC(C)COC(=O)N1CCC=C(c2ccc(Cl)c(Cl)c2)C1. The molecule has 0 atom stereocenters. The van der Waals surface area contributed by atoms with E-state index in [1.54, 1.807) is 11.0 Å². The van der Waals surface area contributed by atoms with Crippen molar-refractivity contribution in [3.8, 4) is 0 Å². The number of benzene rings is 1. The van der Waals surface area contributed by atoms with Crippen LogP contribution in [0.4, 0.5) is 4.79 Å². The number of nitrogens with zero attached hydrogens (tertiary/aromatic N) is 1. The van der Waals surface area contributed by atoms with E-state index in [9.17, 15) is 4.79 Å². The Kier molecular flexibility index (Phi) is 5.54. The molecular weight excluding hydrogens is 309 g/mol. The maximum atomic E-state index is 12.0. The Hall–Kier alpha value is -1.19. The first-order chi connectivity index (χ1) is 9.97. The minimum Gasteiger partial charge on any atom is -0.449 e. The molecule has 0 aliphatic carbocycles. The summed E-state index contributed by atoms with van der Waals surface area (Å²) in [6.45, 7) is 5.70. The highest BCUT2D eigenvalue weighted by molar-refractivity contribution is 6.42. The van der Waals surface area contributed by atoms with Crippen LogP contribution in [0.5, 0.6) is 0 Å². The Bertz CT molecular complexity index is 555. The third-order valence-corrected chi connectivity index (χ3v) is 3.98. The zero-order chi connectivity index (χ0) is 15.4. The average Bonchev–Trinajstić information content (AvgIpc) is 2.47. The van der Waals surface area contributed by atoms with Gasteiger partial charge in [0.1, 0.15) is 0 Å². The Balaban J connectivity index is 2.04. The highest BCUT2D eigenvalue weighted by atomic mass is 35.5. The molecule has 114 valence electrons. The number of carbonyl (C=O) groups excluding carboxylic acids is 1. The second-order valence-electron chi connectivity index (χ2n) is 5.54. The molecule has 0 radical (unpaired) electrons. The van der Waals surface area contributed by atoms with Crippen molar-refractivity contribution in [1.29, 1.82) is 0 Å². The first-order valence-electron chi connectivity index (χ1n) is 7.03. The Morgan fingerprint density at radius 2 is 2.10 bits per heavy atom. The van der Waals surface area contributed by atoms with Crippen LogP contribution in [0.3, 0.4) is 0 Å².